The molecule has 0 bridgehead atoms. The van der Waals surface area contributed by atoms with Gasteiger partial charge in [0.25, 0.3) is 0 Å². The van der Waals surface area contributed by atoms with Crippen LogP contribution in [-0.2, 0) is 29.5 Å². The second kappa shape index (κ2) is 6.46. The van der Waals surface area contributed by atoms with Crippen LogP contribution in [0.15, 0.2) is 21.7 Å². The Bertz CT molecular complexity index is 774. The molecule has 1 aliphatic rings. The molecular weight excluding hydrogens is 345 g/mol. The fourth-order valence-corrected chi connectivity index (χ4v) is 3.27. The number of nitrogens with zero attached hydrogens (tertiary/aromatic N) is 2. The zero-order chi connectivity index (χ0) is 17.3. The lowest BCUT2D eigenvalue weighted by Crippen LogP contribution is -2.14. The Morgan fingerprint density at radius 3 is 2.83 bits per heavy atom. The summed E-state index contributed by atoms with van der Waals surface area (Å²) >= 11 is 1.03. The number of fused-ring (bicyclic) bond motifs is 1. The van der Waals surface area contributed by atoms with Crippen molar-refractivity contribution in [2.75, 3.05) is 7.11 Å². The summed E-state index contributed by atoms with van der Waals surface area (Å²) in [5, 5.41) is 0.0546. The molecule has 5 nitrogen and oxygen atoms in total. The van der Waals surface area contributed by atoms with Gasteiger partial charge in [0, 0.05) is 11.3 Å². The van der Waals surface area contributed by atoms with Gasteiger partial charge >= 0.3 is 12.1 Å². The SMILES string of the molecule is COC(=O)c1ccc(CSc2nc3c(c(C(F)(F)F)n2)CCC3)o1. The Kier molecular flexibility index (Phi) is 4.53. The average molecular weight is 358 g/mol. The van der Waals surface area contributed by atoms with Crippen molar-refractivity contribution in [3.63, 3.8) is 0 Å². The van der Waals surface area contributed by atoms with Crippen molar-refractivity contribution in [2.45, 2.75) is 36.3 Å². The number of rotatable bonds is 4. The van der Waals surface area contributed by atoms with Crippen LogP contribution >= 0.6 is 11.8 Å². The molecule has 0 radical (unpaired) electrons. The summed E-state index contributed by atoms with van der Waals surface area (Å²) in [7, 11) is 1.23. The molecular formula is C15H13F3N2O3S. The van der Waals surface area contributed by atoms with Crippen molar-refractivity contribution >= 4 is 17.7 Å². The van der Waals surface area contributed by atoms with Crippen molar-refractivity contribution in [1.29, 1.82) is 0 Å². The van der Waals surface area contributed by atoms with Gasteiger partial charge < -0.3 is 9.15 Å². The smallest absolute Gasteiger partial charge is 0.433 e. The highest BCUT2D eigenvalue weighted by atomic mass is 32.2. The highest BCUT2D eigenvalue weighted by Gasteiger charge is 2.38. The van der Waals surface area contributed by atoms with Crippen LogP contribution in [0.5, 0.6) is 0 Å². The Morgan fingerprint density at radius 1 is 1.33 bits per heavy atom. The second-order valence-electron chi connectivity index (χ2n) is 5.18. The standard InChI is InChI=1S/C15H13F3N2O3S/c1-22-13(21)11-6-5-8(23-11)7-24-14-19-10-4-2-3-9(10)12(20-14)15(16,17)18/h5-6H,2-4,7H2,1H3. The van der Waals surface area contributed by atoms with Gasteiger partial charge in [-0.3, -0.25) is 0 Å². The first-order valence-electron chi connectivity index (χ1n) is 7.15. The molecule has 0 unspecified atom stereocenters. The van der Waals surface area contributed by atoms with Gasteiger partial charge in [-0.1, -0.05) is 11.8 Å². The molecule has 0 spiro atoms. The van der Waals surface area contributed by atoms with E-state index < -0.39 is 17.8 Å². The molecule has 2 aromatic rings. The molecule has 0 amide bonds. The van der Waals surface area contributed by atoms with Crippen LogP contribution in [0.1, 0.15) is 39.7 Å². The number of aryl methyl sites for hydroxylation is 1. The van der Waals surface area contributed by atoms with Gasteiger partial charge in [0.05, 0.1) is 12.9 Å². The van der Waals surface area contributed by atoms with E-state index in [2.05, 4.69) is 14.7 Å². The normalized spacial score (nSPS) is 13.8. The lowest BCUT2D eigenvalue weighted by atomic mass is 10.2. The number of ether oxygens (including phenoxy) is 1. The molecule has 0 saturated heterocycles. The summed E-state index contributed by atoms with van der Waals surface area (Å²) in [6.45, 7) is 0. The van der Waals surface area contributed by atoms with E-state index in [1.165, 1.54) is 13.2 Å². The number of carbonyl (C=O) groups is 1. The Morgan fingerprint density at radius 2 is 2.12 bits per heavy atom. The largest absolute Gasteiger partial charge is 0.463 e. The number of hydrogen-bond acceptors (Lipinski definition) is 6. The van der Waals surface area contributed by atoms with Crippen molar-refractivity contribution < 1.29 is 27.1 Å². The zero-order valence-corrected chi connectivity index (χ0v) is 13.5. The molecule has 1 aliphatic carbocycles. The van der Waals surface area contributed by atoms with Crippen LogP contribution in [0.25, 0.3) is 0 Å². The first kappa shape index (κ1) is 16.8. The summed E-state index contributed by atoms with van der Waals surface area (Å²) in [6.07, 6.45) is -2.95. The maximum atomic E-state index is 13.1. The zero-order valence-electron chi connectivity index (χ0n) is 12.6. The molecule has 0 fully saturated rings. The van der Waals surface area contributed by atoms with Crippen LogP contribution in [0.2, 0.25) is 0 Å². The lowest BCUT2D eigenvalue weighted by molar-refractivity contribution is -0.142. The van der Waals surface area contributed by atoms with Gasteiger partial charge in [0.15, 0.2) is 10.9 Å². The van der Waals surface area contributed by atoms with Crippen LogP contribution < -0.4 is 0 Å². The first-order chi connectivity index (χ1) is 11.4. The molecule has 0 atom stereocenters. The summed E-state index contributed by atoms with van der Waals surface area (Å²) in [5.41, 5.74) is -0.172. The van der Waals surface area contributed by atoms with Crippen molar-refractivity contribution in [3.05, 3.63) is 40.6 Å². The van der Waals surface area contributed by atoms with E-state index in [9.17, 15) is 18.0 Å². The third kappa shape index (κ3) is 3.40. The highest BCUT2D eigenvalue weighted by Crippen LogP contribution is 2.36. The number of halogens is 3. The molecule has 0 saturated carbocycles. The number of alkyl halides is 3. The number of furan rings is 1. The van der Waals surface area contributed by atoms with Gasteiger partial charge in [-0.05, 0) is 31.4 Å². The fraction of sp³-hybridized carbons (Fsp3) is 0.400. The van der Waals surface area contributed by atoms with E-state index >= 15 is 0 Å². The second-order valence-corrected chi connectivity index (χ2v) is 6.12. The minimum Gasteiger partial charge on any atom is -0.463 e. The van der Waals surface area contributed by atoms with E-state index in [-0.39, 0.29) is 22.2 Å². The van der Waals surface area contributed by atoms with Crippen LogP contribution in [0, 0.1) is 0 Å². The Hall–Kier alpha value is -2.03. The summed E-state index contributed by atoms with van der Waals surface area (Å²) in [4.78, 5) is 19.2. The lowest BCUT2D eigenvalue weighted by Gasteiger charge is -2.12. The Balaban J connectivity index is 1.78. The van der Waals surface area contributed by atoms with Gasteiger partial charge in [-0.25, -0.2) is 14.8 Å². The minimum absolute atomic E-state index is 0.0407. The van der Waals surface area contributed by atoms with Gasteiger partial charge in [0.1, 0.15) is 5.76 Å². The van der Waals surface area contributed by atoms with Crippen LogP contribution in [0.4, 0.5) is 13.2 Å². The van der Waals surface area contributed by atoms with Gasteiger partial charge in [-0.15, -0.1) is 0 Å². The third-order valence-corrected chi connectivity index (χ3v) is 4.44. The number of methoxy groups -OCH3 is 1. The van der Waals surface area contributed by atoms with Crippen LogP contribution in [0.3, 0.4) is 0 Å². The van der Waals surface area contributed by atoms with E-state index in [0.717, 1.165) is 11.8 Å². The fourth-order valence-electron chi connectivity index (χ4n) is 2.51. The number of hydrogen-bond donors (Lipinski definition) is 0. The van der Waals surface area contributed by atoms with Crippen molar-refractivity contribution in [2.24, 2.45) is 0 Å². The third-order valence-electron chi connectivity index (χ3n) is 3.57. The number of carbonyl (C=O) groups excluding carboxylic acids is 1. The minimum atomic E-state index is -4.49. The van der Waals surface area contributed by atoms with Gasteiger partial charge in [0.2, 0.25) is 5.76 Å². The Labute approximate surface area is 139 Å². The first-order valence-corrected chi connectivity index (χ1v) is 8.14. The van der Waals surface area contributed by atoms with Gasteiger partial charge in [-0.2, -0.15) is 13.2 Å². The molecule has 2 aromatic heterocycles. The number of thioether (sulfide) groups is 1. The number of aromatic nitrogens is 2. The maximum Gasteiger partial charge on any atom is 0.433 e. The molecule has 24 heavy (non-hydrogen) atoms. The quantitative estimate of drug-likeness (QED) is 0.472. The molecule has 0 N–H and O–H groups in total. The average Bonchev–Trinajstić information content (AvgIpc) is 3.19. The molecule has 128 valence electrons. The van der Waals surface area contributed by atoms with E-state index in [0.29, 0.717) is 30.7 Å². The predicted octanol–water partition coefficient (Wildman–Crippen LogP) is 3.66. The highest BCUT2D eigenvalue weighted by molar-refractivity contribution is 7.98. The monoisotopic (exact) mass is 358 g/mol. The predicted molar refractivity (Wildman–Crippen MR) is 78.7 cm³/mol. The van der Waals surface area contributed by atoms with E-state index in [1.54, 1.807) is 6.07 Å². The summed E-state index contributed by atoms with van der Waals surface area (Å²) < 4.78 is 49.2. The molecule has 2 heterocycles. The molecule has 3 rings (SSSR count). The van der Waals surface area contributed by atoms with E-state index in [1.807, 2.05) is 0 Å². The summed E-state index contributed by atoms with van der Waals surface area (Å²) in [6, 6.07) is 3.02. The number of esters is 1. The summed E-state index contributed by atoms with van der Waals surface area (Å²) in [5.74, 6) is 0.0731. The molecule has 0 aliphatic heterocycles. The topological polar surface area (TPSA) is 65.2 Å². The van der Waals surface area contributed by atoms with E-state index in [4.69, 9.17) is 4.42 Å². The maximum absolute atomic E-state index is 13.1. The van der Waals surface area contributed by atoms with Crippen LogP contribution in [-0.4, -0.2) is 23.0 Å². The molecule has 9 heteroatoms. The van der Waals surface area contributed by atoms with Crippen molar-refractivity contribution in [3.8, 4) is 0 Å². The molecule has 0 aromatic carbocycles. The van der Waals surface area contributed by atoms with Crippen molar-refractivity contribution in [1.82, 2.24) is 9.97 Å².